The molecule has 0 aliphatic carbocycles. The molecule has 1 aliphatic heterocycles. The topological polar surface area (TPSA) is 56.9 Å². The van der Waals surface area contributed by atoms with Crippen LogP contribution in [0.3, 0.4) is 0 Å². The summed E-state index contributed by atoms with van der Waals surface area (Å²) in [6.45, 7) is 2.04. The lowest BCUT2D eigenvalue weighted by Crippen LogP contribution is -2.32. The van der Waals surface area contributed by atoms with Crippen molar-refractivity contribution in [1.82, 2.24) is 10.3 Å². The molecule has 1 atom stereocenters. The van der Waals surface area contributed by atoms with Gasteiger partial charge in [0.2, 0.25) is 5.91 Å². The summed E-state index contributed by atoms with van der Waals surface area (Å²) < 4.78 is 0. The number of amides is 1. The Labute approximate surface area is 112 Å². The number of para-hydroxylation sites is 1. The maximum atomic E-state index is 12.1. The molecule has 4 heteroatoms. The van der Waals surface area contributed by atoms with Gasteiger partial charge in [-0.2, -0.15) is 0 Å². The van der Waals surface area contributed by atoms with Crippen molar-refractivity contribution in [3.05, 3.63) is 30.5 Å². The molecule has 3 rings (SSSR count). The fourth-order valence-corrected chi connectivity index (χ4v) is 2.74. The van der Waals surface area contributed by atoms with Crippen LogP contribution in [-0.4, -0.2) is 24.0 Å². The van der Waals surface area contributed by atoms with Crippen LogP contribution in [0.1, 0.15) is 19.3 Å². The fraction of sp³-hybridized carbons (Fsp3) is 0.400. The van der Waals surface area contributed by atoms with Gasteiger partial charge in [0.15, 0.2) is 0 Å². The van der Waals surface area contributed by atoms with Gasteiger partial charge < -0.3 is 15.6 Å². The molecule has 100 valence electrons. The van der Waals surface area contributed by atoms with Gasteiger partial charge in [-0.3, -0.25) is 4.79 Å². The number of anilines is 1. The first-order valence-electron chi connectivity index (χ1n) is 6.89. The lowest BCUT2D eigenvalue weighted by molar-refractivity contribution is -0.117. The largest absolute Gasteiger partial charge is 0.359 e. The van der Waals surface area contributed by atoms with Crippen molar-refractivity contribution in [3.8, 4) is 0 Å². The summed E-state index contributed by atoms with van der Waals surface area (Å²) >= 11 is 0. The Morgan fingerprint density at radius 3 is 3.11 bits per heavy atom. The highest BCUT2D eigenvalue weighted by atomic mass is 16.1. The van der Waals surface area contributed by atoms with Crippen LogP contribution in [0.15, 0.2) is 30.5 Å². The number of piperidine rings is 1. The quantitative estimate of drug-likeness (QED) is 0.791. The second-order valence-corrected chi connectivity index (χ2v) is 5.21. The van der Waals surface area contributed by atoms with E-state index >= 15 is 0 Å². The zero-order valence-electron chi connectivity index (χ0n) is 10.9. The molecule has 1 fully saturated rings. The molecule has 2 aromatic rings. The predicted octanol–water partition coefficient (Wildman–Crippen LogP) is 2.50. The van der Waals surface area contributed by atoms with E-state index in [1.54, 1.807) is 0 Å². The van der Waals surface area contributed by atoms with Crippen molar-refractivity contribution < 1.29 is 4.79 Å². The van der Waals surface area contributed by atoms with Gasteiger partial charge in [-0.1, -0.05) is 18.2 Å². The molecule has 0 bridgehead atoms. The van der Waals surface area contributed by atoms with Gasteiger partial charge in [0.25, 0.3) is 0 Å². The Morgan fingerprint density at radius 2 is 2.26 bits per heavy atom. The third-order valence-corrected chi connectivity index (χ3v) is 3.74. The molecule has 0 radical (unpaired) electrons. The molecule has 2 heterocycles. The monoisotopic (exact) mass is 257 g/mol. The normalized spacial score (nSPS) is 19.5. The SMILES string of the molecule is O=C(CC1CCCNC1)Nc1c[nH]c2ccccc12. The summed E-state index contributed by atoms with van der Waals surface area (Å²) in [6.07, 6.45) is 4.79. The van der Waals surface area contributed by atoms with Gasteiger partial charge in [0.1, 0.15) is 0 Å². The summed E-state index contributed by atoms with van der Waals surface area (Å²) in [7, 11) is 0. The first-order chi connectivity index (χ1) is 9.33. The van der Waals surface area contributed by atoms with Gasteiger partial charge in [-0.25, -0.2) is 0 Å². The molecule has 1 unspecified atom stereocenters. The first kappa shape index (κ1) is 12.2. The van der Waals surface area contributed by atoms with Gasteiger partial charge in [-0.05, 0) is 37.9 Å². The molecule has 3 N–H and O–H groups in total. The number of carbonyl (C=O) groups is 1. The molecule has 1 saturated heterocycles. The number of rotatable bonds is 3. The number of hydrogen-bond acceptors (Lipinski definition) is 2. The number of hydrogen-bond donors (Lipinski definition) is 3. The van der Waals surface area contributed by atoms with Crippen LogP contribution in [-0.2, 0) is 4.79 Å². The second-order valence-electron chi connectivity index (χ2n) is 5.21. The summed E-state index contributed by atoms with van der Waals surface area (Å²) in [5, 5.41) is 7.42. The number of carbonyl (C=O) groups excluding carboxylic acids is 1. The van der Waals surface area contributed by atoms with Crippen molar-refractivity contribution in [2.75, 3.05) is 18.4 Å². The van der Waals surface area contributed by atoms with Gasteiger partial charge in [0.05, 0.1) is 5.69 Å². The van der Waals surface area contributed by atoms with Crippen LogP contribution in [0, 0.1) is 5.92 Å². The molecule has 4 nitrogen and oxygen atoms in total. The Balaban J connectivity index is 1.65. The Hall–Kier alpha value is -1.81. The second kappa shape index (κ2) is 5.45. The standard InChI is InChI=1S/C15H19N3O/c19-15(8-11-4-3-7-16-9-11)18-14-10-17-13-6-2-1-5-12(13)14/h1-2,5-6,10-11,16-17H,3-4,7-9H2,(H,18,19). The summed E-state index contributed by atoms with van der Waals surface area (Å²) in [4.78, 5) is 15.2. The molecular formula is C15H19N3O. The zero-order chi connectivity index (χ0) is 13.1. The van der Waals surface area contributed by atoms with E-state index < -0.39 is 0 Å². The van der Waals surface area contributed by atoms with E-state index in [4.69, 9.17) is 0 Å². The summed E-state index contributed by atoms with van der Waals surface area (Å²) in [6, 6.07) is 7.99. The first-order valence-corrected chi connectivity index (χ1v) is 6.89. The number of benzene rings is 1. The summed E-state index contributed by atoms with van der Waals surface area (Å²) in [5.41, 5.74) is 1.93. The molecule has 1 aliphatic rings. The van der Waals surface area contributed by atoms with Gasteiger partial charge in [0, 0.05) is 23.5 Å². The lowest BCUT2D eigenvalue weighted by Gasteiger charge is -2.21. The van der Waals surface area contributed by atoms with Crippen LogP contribution in [0.4, 0.5) is 5.69 Å². The predicted molar refractivity (Wildman–Crippen MR) is 77.1 cm³/mol. The number of aromatic amines is 1. The van der Waals surface area contributed by atoms with Crippen molar-refractivity contribution in [3.63, 3.8) is 0 Å². The van der Waals surface area contributed by atoms with Crippen LogP contribution in [0.25, 0.3) is 10.9 Å². The number of fused-ring (bicyclic) bond motifs is 1. The van der Waals surface area contributed by atoms with Crippen LogP contribution >= 0.6 is 0 Å². The molecular weight excluding hydrogens is 238 g/mol. The van der Waals surface area contributed by atoms with Crippen molar-refractivity contribution >= 4 is 22.5 Å². The van der Waals surface area contributed by atoms with Crippen molar-refractivity contribution in [2.24, 2.45) is 5.92 Å². The Bertz CT molecular complexity index is 570. The van der Waals surface area contributed by atoms with Crippen molar-refractivity contribution in [1.29, 1.82) is 0 Å². The molecule has 0 spiro atoms. The number of aromatic nitrogens is 1. The molecule has 19 heavy (non-hydrogen) atoms. The average molecular weight is 257 g/mol. The lowest BCUT2D eigenvalue weighted by atomic mass is 9.96. The maximum absolute atomic E-state index is 12.1. The van der Waals surface area contributed by atoms with E-state index in [0.717, 1.165) is 36.1 Å². The van der Waals surface area contributed by atoms with Gasteiger partial charge in [-0.15, -0.1) is 0 Å². The minimum atomic E-state index is 0.110. The molecule has 1 aromatic carbocycles. The van der Waals surface area contributed by atoms with Crippen LogP contribution < -0.4 is 10.6 Å². The van der Waals surface area contributed by atoms with Crippen molar-refractivity contribution in [2.45, 2.75) is 19.3 Å². The number of H-pyrrole nitrogens is 1. The van der Waals surface area contributed by atoms with E-state index in [2.05, 4.69) is 15.6 Å². The zero-order valence-corrected chi connectivity index (χ0v) is 10.9. The fourth-order valence-electron chi connectivity index (χ4n) is 2.74. The molecule has 1 aromatic heterocycles. The van der Waals surface area contributed by atoms with Crippen LogP contribution in [0.2, 0.25) is 0 Å². The van der Waals surface area contributed by atoms with E-state index in [-0.39, 0.29) is 5.91 Å². The van der Waals surface area contributed by atoms with E-state index in [1.165, 1.54) is 6.42 Å². The Kier molecular flexibility index (Phi) is 3.51. The third-order valence-electron chi connectivity index (χ3n) is 3.74. The highest BCUT2D eigenvalue weighted by Gasteiger charge is 2.17. The van der Waals surface area contributed by atoms with Gasteiger partial charge >= 0.3 is 0 Å². The van der Waals surface area contributed by atoms with Crippen LogP contribution in [0.5, 0.6) is 0 Å². The van der Waals surface area contributed by atoms with E-state index in [1.807, 2.05) is 30.5 Å². The highest BCUT2D eigenvalue weighted by molar-refractivity contribution is 6.01. The highest BCUT2D eigenvalue weighted by Crippen LogP contribution is 2.23. The minimum Gasteiger partial charge on any atom is -0.359 e. The van der Waals surface area contributed by atoms with E-state index in [0.29, 0.717) is 12.3 Å². The molecule has 0 saturated carbocycles. The summed E-state index contributed by atoms with van der Waals surface area (Å²) in [5.74, 6) is 0.581. The third kappa shape index (κ3) is 2.79. The van der Waals surface area contributed by atoms with E-state index in [9.17, 15) is 4.79 Å². The Morgan fingerprint density at radius 1 is 1.37 bits per heavy atom. The number of nitrogens with one attached hydrogen (secondary N) is 3. The average Bonchev–Trinajstić information content (AvgIpc) is 2.83. The smallest absolute Gasteiger partial charge is 0.224 e. The minimum absolute atomic E-state index is 0.110. The molecule has 1 amide bonds. The maximum Gasteiger partial charge on any atom is 0.224 e.